The number of aryl methyl sites for hydroxylation is 3. The molecule has 0 spiro atoms. The molecule has 1 N–H and O–H groups in total. The van der Waals surface area contributed by atoms with Crippen LogP contribution in [0.3, 0.4) is 0 Å². The van der Waals surface area contributed by atoms with E-state index in [-0.39, 0.29) is 18.4 Å². The second-order valence-corrected chi connectivity index (χ2v) is 9.81. The van der Waals surface area contributed by atoms with E-state index < -0.39 is 0 Å². The van der Waals surface area contributed by atoms with Crippen molar-refractivity contribution in [3.8, 4) is 5.75 Å². The molecule has 0 aliphatic carbocycles. The number of amides is 2. The molecule has 0 unspecified atom stereocenters. The molecule has 0 radical (unpaired) electrons. The molecule has 1 fully saturated rings. The van der Waals surface area contributed by atoms with Crippen LogP contribution < -0.4 is 15.0 Å². The Morgan fingerprint density at radius 2 is 1.71 bits per heavy atom. The summed E-state index contributed by atoms with van der Waals surface area (Å²) in [6, 6.07) is 20.8. The normalized spacial score (nSPS) is 14.6. The van der Waals surface area contributed by atoms with Gasteiger partial charge in [-0.2, -0.15) is 0 Å². The predicted molar refractivity (Wildman–Crippen MR) is 143 cm³/mol. The first kappa shape index (κ1) is 23.7. The van der Waals surface area contributed by atoms with Crippen LogP contribution in [0.1, 0.15) is 22.3 Å². The van der Waals surface area contributed by atoms with Crippen LogP contribution in [0.4, 0.5) is 11.4 Å². The number of hydrogen-bond acceptors (Lipinski definition) is 5. The number of rotatable bonds is 6. The lowest BCUT2D eigenvalue weighted by atomic mass is 10.1. The summed E-state index contributed by atoms with van der Waals surface area (Å²) in [6.45, 7) is 5.85. The van der Waals surface area contributed by atoms with Crippen LogP contribution in [0.2, 0.25) is 0 Å². The molecule has 1 aliphatic heterocycles. The van der Waals surface area contributed by atoms with E-state index in [0.29, 0.717) is 15.0 Å². The van der Waals surface area contributed by atoms with Gasteiger partial charge in [-0.05, 0) is 79.9 Å². The van der Waals surface area contributed by atoms with Crippen molar-refractivity contribution in [1.29, 1.82) is 0 Å². The van der Waals surface area contributed by atoms with Gasteiger partial charge in [0.2, 0.25) is 0 Å². The van der Waals surface area contributed by atoms with Crippen molar-refractivity contribution in [3.63, 3.8) is 0 Å². The van der Waals surface area contributed by atoms with Crippen LogP contribution >= 0.6 is 24.0 Å². The third kappa shape index (κ3) is 5.73. The van der Waals surface area contributed by atoms with E-state index in [4.69, 9.17) is 17.0 Å². The molecule has 1 heterocycles. The van der Waals surface area contributed by atoms with Crippen molar-refractivity contribution in [2.75, 3.05) is 16.8 Å². The molecule has 4 rings (SSSR count). The van der Waals surface area contributed by atoms with Gasteiger partial charge in [0, 0.05) is 5.69 Å². The van der Waals surface area contributed by atoms with Gasteiger partial charge >= 0.3 is 0 Å². The molecule has 34 heavy (non-hydrogen) atoms. The van der Waals surface area contributed by atoms with Crippen LogP contribution in [0.5, 0.6) is 5.75 Å². The van der Waals surface area contributed by atoms with Gasteiger partial charge in [-0.3, -0.25) is 14.5 Å². The quantitative estimate of drug-likeness (QED) is 0.339. The third-order valence-corrected chi connectivity index (χ3v) is 6.42. The maximum atomic E-state index is 13.0. The van der Waals surface area contributed by atoms with E-state index in [9.17, 15) is 9.59 Å². The molecule has 1 aliphatic rings. The van der Waals surface area contributed by atoms with Gasteiger partial charge in [0.05, 0.1) is 10.6 Å². The number of nitrogens with zero attached hydrogens (tertiary/aromatic N) is 1. The molecule has 3 aromatic carbocycles. The van der Waals surface area contributed by atoms with E-state index >= 15 is 0 Å². The molecule has 1 saturated heterocycles. The molecule has 5 nitrogen and oxygen atoms in total. The van der Waals surface area contributed by atoms with Crippen LogP contribution in [0.25, 0.3) is 6.08 Å². The number of anilines is 2. The highest BCUT2D eigenvalue weighted by atomic mass is 32.2. The van der Waals surface area contributed by atoms with E-state index in [1.807, 2.05) is 75.4 Å². The molecule has 172 valence electrons. The lowest BCUT2D eigenvalue weighted by Crippen LogP contribution is -2.27. The first-order chi connectivity index (χ1) is 16.3. The number of nitrogens with one attached hydrogen (secondary N) is 1. The fourth-order valence-corrected chi connectivity index (χ4v) is 4.92. The number of hydrogen-bond donors (Lipinski definition) is 1. The Labute approximate surface area is 208 Å². The summed E-state index contributed by atoms with van der Waals surface area (Å²) in [6.07, 6.45) is 1.79. The molecule has 7 heteroatoms. The zero-order valence-corrected chi connectivity index (χ0v) is 20.8. The first-order valence-electron chi connectivity index (χ1n) is 10.7. The van der Waals surface area contributed by atoms with Crippen LogP contribution in [-0.4, -0.2) is 22.7 Å². The van der Waals surface area contributed by atoms with Crippen molar-refractivity contribution in [2.45, 2.75) is 20.8 Å². The van der Waals surface area contributed by atoms with E-state index in [0.717, 1.165) is 33.6 Å². The molecule has 2 amide bonds. The molecule has 3 aromatic rings. The van der Waals surface area contributed by atoms with E-state index in [1.165, 1.54) is 11.8 Å². The van der Waals surface area contributed by atoms with Crippen molar-refractivity contribution in [3.05, 3.63) is 93.9 Å². The molecule has 0 atom stereocenters. The SMILES string of the molecule is Cc1ccc(N2C(=O)/C(=C/c3cccc(OCC(=O)Nc4cc(C)cc(C)c4)c3)SC2=S)cc1. The Bertz CT molecular complexity index is 1280. The lowest BCUT2D eigenvalue weighted by molar-refractivity contribution is -0.118. The van der Waals surface area contributed by atoms with Gasteiger partial charge in [0.1, 0.15) is 5.75 Å². The maximum Gasteiger partial charge on any atom is 0.270 e. The number of carbonyl (C=O) groups excluding carboxylic acids is 2. The Morgan fingerprint density at radius 3 is 2.41 bits per heavy atom. The van der Waals surface area contributed by atoms with E-state index in [2.05, 4.69) is 5.32 Å². The zero-order chi connectivity index (χ0) is 24.2. The molecule has 0 aromatic heterocycles. The van der Waals surface area contributed by atoms with Crippen LogP contribution in [0, 0.1) is 20.8 Å². The summed E-state index contributed by atoms with van der Waals surface area (Å²) in [5.74, 6) is 0.144. The Morgan fingerprint density at radius 1 is 1.00 bits per heavy atom. The van der Waals surface area contributed by atoms with Crippen molar-refractivity contribution in [1.82, 2.24) is 0 Å². The minimum atomic E-state index is -0.241. The van der Waals surface area contributed by atoms with Gasteiger partial charge in [0.25, 0.3) is 11.8 Å². The van der Waals surface area contributed by atoms with Gasteiger partial charge in [-0.1, -0.05) is 59.9 Å². The molecule has 0 bridgehead atoms. The van der Waals surface area contributed by atoms with Crippen molar-refractivity contribution in [2.24, 2.45) is 0 Å². The smallest absolute Gasteiger partial charge is 0.270 e. The predicted octanol–water partition coefficient (Wildman–Crippen LogP) is 6.04. The highest BCUT2D eigenvalue weighted by Crippen LogP contribution is 2.36. The summed E-state index contributed by atoms with van der Waals surface area (Å²) in [4.78, 5) is 27.4. The Balaban J connectivity index is 1.42. The fourth-order valence-electron chi connectivity index (χ4n) is 3.62. The average Bonchev–Trinajstić information content (AvgIpc) is 3.05. The number of ether oxygens (including phenoxy) is 1. The minimum absolute atomic E-state index is 0.119. The Kier molecular flexibility index (Phi) is 7.14. The second kappa shape index (κ2) is 10.2. The molecular weight excluding hydrogens is 464 g/mol. The number of benzene rings is 3. The standard InChI is InChI=1S/C27H24N2O3S2/c1-17-7-9-22(10-8-17)29-26(31)24(34-27(29)33)15-20-5-4-6-23(14-20)32-16-25(30)28-21-12-18(2)11-19(3)13-21/h4-15H,16H2,1-3H3,(H,28,30)/b24-15-. The fraction of sp³-hybridized carbons (Fsp3) is 0.148. The number of thioether (sulfide) groups is 1. The van der Waals surface area contributed by atoms with Crippen molar-refractivity contribution >= 4 is 57.6 Å². The van der Waals surface area contributed by atoms with E-state index in [1.54, 1.807) is 23.1 Å². The molecular formula is C27H24N2O3S2. The summed E-state index contributed by atoms with van der Waals surface area (Å²) in [5.41, 5.74) is 5.56. The monoisotopic (exact) mass is 488 g/mol. The lowest BCUT2D eigenvalue weighted by Gasteiger charge is -2.14. The average molecular weight is 489 g/mol. The second-order valence-electron chi connectivity index (χ2n) is 8.14. The van der Waals surface area contributed by atoms with Crippen LogP contribution in [0.15, 0.2) is 71.6 Å². The summed E-state index contributed by atoms with van der Waals surface area (Å²) >= 11 is 6.72. The van der Waals surface area contributed by atoms with Gasteiger partial charge in [-0.25, -0.2) is 0 Å². The first-order valence-corrected chi connectivity index (χ1v) is 12.0. The largest absolute Gasteiger partial charge is 0.484 e. The Hall–Kier alpha value is -3.42. The maximum absolute atomic E-state index is 13.0. The summed E-state index contributed by atoms with van der Waals surface area (Å²) < 4.78 is 6.18. The minimum Gasteiger partial charge on any atom is -0.484 e. The van der Waals surface area contributed by atoms with Crippen LogP contribution in [-0.2, 0) is 9.59 Å². The number of thiocarbonyl (C=S) groups is 1. The zero-order valence-electron chi connectivity index (χ0n) is 19.1. The highest BCUT2D eigenvalue weighted by molar-refractivity contribution is 8.27. The third-order valence-electron chi connectivity index (χ3n) is 5.12. The topological polar surface area (TPSA) is 58.6 Å². The van der Waals surface area contributed by atoms with Crippen molar-refractivity contribution < 1.29 is 14.3 Å². The highest BCUT2D eigenvalue weighted by Gasteiger charge is 2.33. The van der Waals surface area contributed by atoms with Gasteiger partial charge < -0.3 is 10.1 Å². The molecule has 0 saturated carbocycles. The van der Waals surface area contributed by atoms with Gasteiger partial charge in [-0.15, -0.1) is 0 Å². The number of carbonyl (C=O) groups is 2. The summed E-state index contributed by atoms with van der Waals surface area (Å²) in [5, 5.41) is 2.86. The van der Waals surface area contributed by atoms with Gasteiger partial charge in [0.15, 0.2) is 10.9 Å². The summed E-state index contributed by atoms with van der Waals surface area (Å²) in [7, 11) is 0.